The molecule has 4 bridgehead atoms. The van der Waals surface area contributed by atoms with E-state index >= 15 is 0 Å². The van der Waals surface area contributed by atoms with Gasteiger partial charge in [-0.3, -0.25) is 4.79 Å². The van der Waals surface area contributed by atoms with Crippen LogP contribution in [0.5, 0.6) is 0 Å². The zero-order valence-corrected chi connectivity index (χ0v) is 14.2. The maximum Gasteiger partial charge on any atom is 0.344 e. The van der Waals surface area contributed by atoms with Crippen molar-refractivity contribution in [2.75, 3.05) is 6.61 Å². The van der Waals surface area contributed by atoms with E-state index in [2.05, 4.69) is 0 Å². The number of esters is 2. The van der Waals surface area contributed by atoms with Crippen LogP contribution in [0.4, 0.5) is 0 Å². The predicted octanol–water partition coefficient (Wildman–Crippen LogP) is 3.19. The van der Waals surface area contributed by atoms with Crippen LogP contribution in [0.3, 0.4) is 0 Å². The van der Waals surface area contributed by atoms with Crippen molar-refractivity contribution < 1.29 is 19.1 Å². The molecule has 0 amide bonds. The third kappa shape index (κ3) is 2.49. The van der Waals surface area contributed by atoms with Gasteiger partial charge in [0.2, 0.25) is 0 Å². The van der Waals surface area contributed by atoms with Gasteiger partial charge in [0.05, 0.1) is 5.92 Å². The van der Waals surface area contributed by atoms with Gasteiger partial charge in [-0.15, -0.1) is 0 Å². The largest absolute Gasteiger partial charge is 0.460 e. The molecule has 128 valence electrons. The lowest BCUT2D eigenvalue weighted by Crippen LogP contribution is -2.38. The van der Waals surface area contributed by atoms with Gasteiger partial charge >= 0.3 is 11.9 Å². The van der Waals surface area contributed by atoms with E-state index in [9.17, 15) is 9.59 Å². The van der Waals surface area contributed by atoms with E-state index in [0.717, 1.165) is 42.4 Å². The molecule has 0 aliphatic heterocycles. The summed E-state index contributed by atoms with van der Waals surface area (Å²) >= 11 is 0. The number of hydrogen-bond acceptors (Lipinski definition) is 4. The minimum absolute atomic E-state index is 0.0791. The molecule has 0 N–H and O–H groups in total. The molecule has 23 heavy (non-hydrogen) atoms. The Hall–Kier alpha value is -1.06. The number of carbonyl (C=O) groups excluding carboxylic acids is 2. The third-order valence-electron chi connectivity index (χ3n) is 7.30. The second-order valence-electron chi connectivity index (χ2n) is 8.33. The fourth-order valence-electron chi connectivity index (χ4n) is 6.28. The smallest absolute Gasteiger partial charge is 0.344 e. The Labute approximate surface area is 138 Å². The van der Waals surface area contributed by atoms with Gasteiger partial charge in [0.25, 0.3) is 0 Å². The average molecular weight is 320 g/mol. The summed E-state index contributed by atoms with van der Waals surface area (Å²) in [6.07, 6.45) is 7.36. The fourth-order valence-corrected chi connectivity index (χ4v) is 6.28. The van der Waals surface area contributed by atoms with Crippen LogP contribution in [0.25, 0.3) is 0 Å². The lowest BCUT2D eigenvalue weighted by Gasteiger charge is -2.38. The van der Waals surface area contributed by atoms with Crippen molar-refractivity contribution in [2.45, 2.75) is 58.5 Å². The Morgan fingerprint density at radius 1 is 1.04 bits per heavy atom. The summed E-state index contributed by atoms with van der Waals surface area (Å²) in [5.41, 5.74) is 0. The van der Waals surface area contributed by atoms with Gasteiger partial charge in [0.1, 0.15) is 6.10 Å². The lowest BCUT2D eigenvalue weighted by atomic mass is 9.70. The van der Waals surface area contributed by atoms with Gasteiger partial charge in [-0.2, -0.15) is 0 Å². The SMILES string of the molecule is CCC(C)C(=O)OCC(=O)OC1CC2CC1C1C3CCC(C3)C21. The first kappa shape index (κ1) is 15.5. The summed E-state index contributed by atoms with van der Waals surface area (Å²) in [5, 5.41) is 0. The first-order chi connectivity index (χ1) is 11.1. The van der Waals surface area contributed by atoms with E-state index in [1.165, 1.54) is 25.7 Å². The highest BCUT2D eigenvalue weighted by Gasteiger charge is 2.63. The molecule has 8 atom stereocenters. The molecule has 4 fully saturated rings. The number of hydrogen-bond donors (Lipinski definition) is 0. The summed E-state index contributed by atoms with van der Waals surface area (Å²) in [6, 6.07) is 0. The van der Waals surface area contributed by atoms with Crippen molar-refractivity contribution in [1.29, 1.82) is 0 Å². The summed E-state index contributed by atoms with van der Waals surface area (Å²) in [5.74, 6) is 4.14. The molecule has 0 aromatic rings. The second-order valence-corrected chi connectivity index (χ2v) is 8.33. The molecule has 4 rings (SSSR count). The van der Waals surface area contributed by atoms with Crippen LogP contribution in [0.1, 0.15) is 52.4 Å². The van der Waals surface area contributed by atoms with Gasteiger partial charge < -0.3 is 9.47 Å². The van der Waals surface area contributed by atoms with Crippen LogP contribution in [-0.2, 0) is 19.1 Å². The minimum Gasteiger partial charge on any atom is -0.460 e. The van der Waals surface area contributed by atoms with Gasteiger partial charge in [-0.1, -0.05) is 13.8 Å². The van der Waals surface area contributed by atoms with Crippen LogP contribution in [0, 0.1) is 41.4 Å². The Balaban J connectivity index is 1.29. The molecule has 0 aromatic carbocycles. The summed E-state index contributed by atoms with van der Waals surface area (Å²) in [6.45, 7) is 3.53. The minimum atomic E-state index is -0.362. The molecule has 0 saturated heterocycles. The van der Waals surface area contributed by atoms with Crippen molar-refractivity contribution in [2.24, 2.45) is 41.4 Å². The van der Waals surface area contributed by atoms with Crippen molar-refractivity contribution in [3.63, 3.8) is 0 Å². The van der Waals surface area contributed by atoms with Gasteiger partial charge in [-0.25, -0.2) is 4.79 Å². The standard InChI is InChI=1S/C19H28O4/c1-3-10(2)19(21)22-9-16(20)23-15-8-13-7-14(15)18-12-5-4-11(6-12)17(13)18/h10-15,17-18H,3-9H2,1-2H3. The Bertz CT molecular complexity index is 502. The zero-order chi connectivity index (χ0) is 16.1. The van der Waals surface area contributed by atoms with Crippen molar-refractivity contribution in [1.82, 2.24) is 0 Å². The third-order valence-corrected chi connectivity index (χ3v) is 7.30. The molecule has 0 heterocycles. The van der Waals surface area contributed by atoms with Gasteiger partial charge in [0.15, 0.2) is 6.61 Å². The highest BCUT2D eigenvalue weighted by atomic mass is 16.6. The summed E-state index contributed by atoms with van der Waals surface area (Å²) in [4.78, 5) is 23.7. The van der Waals surface area contributed by atoms with Crippen LogP contribution in [0.2, 0.25) is 0 Å². The maximum atomic E-state index is 12.0. The lowest BCUT2D eigenvalue weighted by molar-refractivity contribution is -0.167. The molecule has 4 aliphatic rings. The Kier molecular flexibility index (Phi) is 3.89. The molecule has 0 aromatic heterocycles. The molecular formula is C19H28O4. The normalized spacial score (nSPS) is 44.2. The maximum absolute atomic E-state index is 12.0. The van der Waals surface area contributed by atoms with E-state index in [-0.39, 0.29) is 30.6 Å². The quantitative estimate of drug-likeness (QED) is 0.576. The first-order valence-electron chi connectivity index (χ1n) is 9.44. The second kappa shape index (κ2) is 5.78. The molecule has 0 spiro atoms. The predicted molar refractivity (Wildman–Crippen MR) is 84.3 cm³/mol. The van der Waals surface area contributed by atoms with E-state index < -0.39 is 0 Å². The fraction of sp³-hybridized carbons (Fsp3) is 0.895. The zero-order valence-electron chi connectivity index (χ0n) is 14.2. The summed E-state index contributed by atoms with van der Waals surface area (Å²) < 4.78 is 10.8. The molecule has 0 radical (unpaired) electrons. The monoisotopic (exact) mass is 320 g/mol. The highest BCUT2D eigenvalue weighted by Crippen LogP contribution is 2.67. The molecular weight excluding hydrogens is 292 g/mol. The van der Waals surface area contributed by atoms with Crippen LogP contribution in [0.15, 0.2) is 0 Å². The number of rotatable bonds is 5. The Morgan fingerprint density at radius 2 is 1.78 bits per heavy atom. The highest BCUT2D eigenvalue weighted by molar-refractivity contribution is 5.77. The van der Waals surface area contributed by atoms with Gasteiger partial charge in [0, 0.05) is 0 Å². The molecule has 4 heteroatoms. The van der Waals surface area contributed by atoms with Gasteiger partial charge in [-0.05, 0) is 74.0 Å². The van der Waals surface area contributed by atoms with Crippen LogP contribution in [-0.4, -0.2) is 24.6 Å². The molecule has 4 nitrogen and oxygen atoms in total. The van der Waals surface area contributed by atoms with Crippen LogP contribution < -0.4 is 0 Å². The topological polar surface area (TPSA) is 52.6 Å². The molecule has 4 saturated carbocycles. The Morgan fingerprint density at radius 3 is 2.52 bits per heavy atom. The van der Waals surface area contributed by atoms with E-state index in [0.29, 0.717) is 5.92 Å². The number of fused-ring (bicyclic) bond motifs is 9. The van der Waals surface area contributed by atoms with Crippen LogP contribution >= 0.6 is 0 Å². The van der Waals surface area contributed by atoms with Crippen molar-refractivity contribution in [3.05, 3.63) is 0 Å². The average Bonchev–Trinajstić information content (AvgIpc) is 3.29. The van der Waals surface area contributed by atoms with Crippen molar-refractivity contribution >= 4 is 11.9 Å². The number of ether oxygens (including phenoxy) is 2. The number of carbonyl (C=O) groups is 2. The van der Waals surface area contributed by atoms with E-state index in [1.807, 2.05) is 13.8 Å². The van der Waals surface area contributed by atoms with E-state index in [4.69, 9.17) is 9.47 Å². The molecule has 8 unspecified atom stereocenters. The molecule has 4 aliphatic carbocycles. The first-order valence-corrected chi connectivity index (χ1v) is 9.44. The van der Waals surface area contributed by atoms with E-state index in [1.54, 1.807) is 0 Å². The summed E-state index contributed by atoms with van der Waals surface area (Å²) in [7, 11) is 0. The van der Waals surface area contributed by atoms with Crippen molar-refractivity contribution in [3.8, 4) is 0 Å².